The first-order valence-electron chi connectivity index (χ1n) is 9.03. The van der Waals surface area contributed by atoms with Crippen molar-refractivity contribution in [3.8, 4) is 5.82 Å². The van der Waals surface area contributed by atoms with Crippen molar-refractivity contribution in [1.29, 1.82) is 0 Å². The molecule has 2 N–H and O–H groups in total. The van der Waals surface area contributed by atoms with E-state index in [9.17, 15) is 0 Å². The molecule has 0 amide bonds. The second-order valence-corrected chi connectivity index (χ2v) is 6.93. The fourth-order valence-electron chi connectivity index (χ4n) is 3.76. The SMILES string of the molecule is NC1CCC(c2nc(C3CCOCC3)nn2-c2ccccn2)CC1. The van der Waals surface area contributed by atoms with Crippen LogP contribution in [0.1, 0.15) is 62.0 Å². The molecule has 0 unspecified atom stereocenters. The minimum Gasteiger partial charge on any atom is -0.381 e. The zero-order chi connectivity index (χ0) is 16.4. The number of hydrogen-bond acceptors (Lipinski definition) is 5. The molecule has 2 aliphatic rings. The molecule has 2 aromatic heterocycles. The quantitative estimate of drug-likeness (QED) is 0.937. The average molecular weight is 327 g/mol. The summed E-state index contributed by atoms with van der Waals surface area (Å²) in [6, 6.07) is 6.26. The van der Waals surface area contributed by atoms with Crippen LogP contribution in [0.25, 0.3) is 5.82 Å². The first kappa shape index (κ1) is 15.7. The lowest BCUT2D eigenvalue weighted by atomic mass is 9.86. The van der Waals surface area contributed by atoms with Crippen molar-refractivity contribution in [2.75, 3.05) is 13.2 Å². The van der Waals surface area contributed by atoms with Crippen LogP contribution in [0.5, 0.6) is 0 Å². The first-order valence-corrected chi connectivity index (χ1v) is 9.03. The fraction of sp³-hybridized carbons (Fsp3) is 0.611. The number of nitrogens with two attached hydrogens (primary N) is 1. The lowest BCUT2D eigenvalue weighted by Crippen LogP contribution is -2.26. The predicted molar refractivity (Wildman–Crippen MR) is 91.1 cm³/mol. The summed E-state index contributed by atoms with van der Waals surface area (Å²) in [5, 5.41) is 4.85. The Bertz CT molecular complexity index is 657. The summed E-state index contributed by atoms with van der Waals surface area (Å²) >= 11 is 0. The van der Waals surface area contributed by atoms with Crippen LogP contribution in [0.3, 0.4) is 0 Å². The Morgan fingerprint density at radius 2 is 1.79 bits per heavy atom. The average Bonchev–Trinajstić information content (AvgIpc) is 3.09. The van der Waals surface area contributed by atoms with E-state index in [1.54, 1.807) is 0 Å². The highest BCUT2D eigenvalue weighted by Crippen LogP contribution is 2.34. The number of rotatable bonds is 3. The van der Waals surface area contributed by atoms with Gasteiger partial charge in [-0.05, 0) is 50.7 Å². The van der Waals surface area contributed by atoms with Crippen molar-refractivity contribution in [2.24, 2.45) is 5.73 Å². The molecule has 6 heteroatoms. The van der Waals surface area contributed by atoms with Crippen molar-refractivity contribution in [2.45, 2.75) is 56.4 Å². The van der Waals surface area contributed by atoms with Crippen LogP contribution in [0.15, 0.2) is 24.4 Å². The van der Waals surface area contributed by atoms with E-state index in [0.717, 1.165) is 69.2 Å². The minimum atomic E-state index is 0.336. The lowest BCUT2D eigenvalue weighted by molar-refractivity contribution is 0.0836. The lowest BCUT2D eigenvalue weighted by Gasteiger charge is -2.25. The van der Waals surface area contributed by atoms with E-state index in [1.807, 2.05) is 29.1 Å². The van der Waals surface area contributed by atoms with E-state index in [0.29, 0.717) is 17.9 Å². The first-order chi connectivity index (χ1) is 11.8. The molecule has 2 fully saturated rings. The molecule has 24 heavy (non-hydrogen) atoms. The molecule has 1 aliphatic carbocycles. The number of pyridine rings is 1. The van der Waals surface area contributed by atoms with Crippen molar-refractivity contribution in [3.05, 3.63) is 36.0 Å². The molecule has 1 aliphatic heterocycles. The molecule has 0 radical (unpaired) electrons. The highest BCUT2D eigenvalue weighted by molar-refractivity contribution is 5.24. The smallest absolute Gasteiger partial charge is 0.155 e. The Balaban J connectivity index is 1.68. The van der Waals surface area contributed by atoms with Gasteiger partial charge in [-0.25, -0.2) is 9.97 Å². The van der Waals surface area contributed by atoms with Gasteiger partial charge in [0.2, 0.25) is 0 Å². The predicted octanol–water partition coefficient (Wildman–Crippen LogP) is 2.54. The summed E-state index contributed by atoms with van der Waals surface area (Å²) in [6.07, 6.45) is 8.10. The van der Waals surface area contributed by atoms with Crippen molar-refractivity contribution >= 4 is 0 Å². The third kappa shape index (κ3) is 3.21. The second kappa shape index (κ2) is 6.99. The highest BCUT2D eigenvalue weighted by Gasteiger charge is 2.28. The van der Waals surface area contributed by atoms with Gasteiger partial charge in [0.25, 0.3) is 0 Å². The van der Waals surface area contributed by atoms with Gasteiger partial charge in [0.15, 0.2) is 11.6 Å². The Labute approximate surface area is 142 Å². The van der Waals surface area contributed by atoms with Gasteiger partial charge >= 0.3 is 0 Å². The molecule has 0 spiro atoms. The van der Waals surface area contributed by atoms with E-state index in [1.165, 1.54) is 0 Å². The molecule has 0 atom stereocenters. The van der Waals surface area contributed by atoms with Gasteiger partial charge < -0.3 is 10.5 Å². The maximum Gasteiger partial charge on any atom is 0.155 e. The van der Waals surface area contributed by atoms with Gasteiger partial charge in [0.1, 0.15) is 5.82 Å². The Hall–Kier alpha value is -1.79. The van der Waals surface area contributed by atoms with E-state index in [4.69, 9.17) is 20.6 Å². The van der Waals surface area contributed by atoms with Crippen LogP contribution in [0.4, 0.5) is 0 Å². The summed E-state index contributed by atoms with van der Waals surface area (Å²) < 4.78 is 7.45. The van der Waals surface area contributed by atoms with Gasteiger partial charge in [-0.2, -0.15) is 4.68 Å². The fourth-order valence-corrected chi connectivity index (χ4v) is 3.76. The third-order valence-corrected chi connectivity index (χ3v) is 5.24. The van der Waals surface area contributed by atoms with Crippen LogP contribution in [-0.4, -0.2) is 39.0 Å². The molecule has 128 valence electrons. The number of ether oxygens (including phenoxy) is 1. The monoisotopic (exact) mass is 327 g/mol. The molecule has 1 saturated heterocycles. The molecule has 1 saturated carbocycles. The summed E-state index contributed by atoms with van der Waals surface area (Å²) in [5.41, 5.74) is 6.08. The van der Waals surface area contributed by atoms with Crippen molar-refractivity contribution in [3.63, 3.8) is 0 Å². The van der Waals surface area contributed by atoms with Crippen LogP contribution in [-0.2, 0) is 4.74 Å². The van der Waals surface area contributed by atoms with E-state index >= 15 is 0 Å². The standard InChI is InChI=1S/C18H25N5O/c19-15-6-4-14(5-7-15)18-21-17(13-8-11-24-12-9-13)22-23(18)16-3-1-2-10-20-16/h1-3,10,13-15H,4-9,11-12,19H2. The molecule has 6 nitrogen and oxygen atoms in total. The number of nitrogens with zero attached hydrogens (tertiary/aromatic N) is 4. The van der Waals surface area contributed by atoms with Gasteiger partial charge in [-0.1, -0.05) is 6.07 Å². The van der Waals surface area contributed by atoms with Crippen LogP contribution < -0.4 is 5.73 Å². The largest absolute Gasteiger partial charge is 0.381 e. The molecular formula is C18H25N5O. The molecule has 2 aromatic rings. The van der Waals surface area contributed by atoms with Crippen molar-refractivity contribution in [1.82, 2.24) is 19.7 Å². The Morgan fingerprint density at radius 1 is 1.00 bits per heavy atom. The molecule has 4 rings (SSSR count). The third-order valence-electron chi connectivity index (χ3n) is 5.24. The molecule has 0 aromatic carbocycles. The molecular weight excluding hydrogens is 302 g/mol. The zero-order valence-corrected chi connectivity index (χ0v) is 14.0. The number of aromatic nitrogens is 4. The van der Waals surface area contributed by atoms with Crippen LogP contribution >= 0.6 is 0 Å². The van der Waals surface area contributed by atoms with E-state index in [-0.39, 0.29) is 0 Å². The highest BCUT2D eigenvalue weighted by atomic mass is 16.5. The van der Waals surface area contributed by atoms with Gasteiger partial charge in [0, 0.05) is 37.3 Å². The van der Waals surface area contributed by atoms with Gasteiger partial charge in [-0.15, -0.1) is 5.10 Å². The van der Waals surface area contributed by atoms with E-state index in [2.05, 4.69) is 4.98 Å². The van der Waals surface area contributed by atoms with Crippen molar-refractivity contribution < 1.29 is 4.74 Å². The summed E-state index contributed by atoms with van der Waals surface area (Å²) in [5.74, 6) is 3.69. The topological polar surface area (TPSA) is 78.9 Å². The van der Waals surface area contributed by atoms with E-state index < -0.39 is 0 Å². The van der Waals surface area contributed by atoms with Gasteiger partial charge in [-0.3, -0.25) is 0 Å². The number of hydrogen-bond donors (Lipinski definition) is 1. The normalized spacial score (nSPS) is 25.7. The Morgan fingerprint density at radius 3 is 2.50 bits per heavy atom. The molecule has 3 heterocycles. The Kier molecular flexibility index (Phi) is 4.58. The summed E-state index contributed by atoms with van der Waals surface area (Å²) in [4.78, 5) is 9.46. The van der Waals surface area contributed by atoms with Crippen LogP contribution in [0, 0.1) is 0 Å². The van der Waals surface area contributed by atoms with Gasteiger partial charge in [0.05, 0.1) is 0 Å². The second-order valence-electron chi connectivity index (χ2n) is 6.93. The summed E-state index contributed by atoms with van der Waals surface area (Å²) in [6.45, 7) is 1.60. The minimum absolute atomic E-state index is 0.336. The van der Waals surface area contributed by atoms with Crippen LogP contribution in [0.2, 0.25) is 0 Å². The maximum atomic E-state index is 6.08. The summed E-state index contributed by atoms with van der Waals surface area (Å²) in [7, 11) is 0. The molecule has 0 bridgehead atoms. The zero-order valence-electron chi connectivity index (χ0n) is 14.0. The maximum absolute atomic E-state index is 6.08.